The number of aryl methyl sites for hydroxylation is 1. The lowest BCUT2D eigenvalue weighted by Crippen LogP contribution is -2.12. The molecule has 0 unspecified atom stereocenters. The monoisotopic (exact) mass is 300 g/mol. The van der Waals surface area contributed by atoms with E-state index in [9.17, 15) is 14.9 Å². The van der Waals surface area contributed by atoms with Crippen LogP contribution in [0.5, 0.6) is 0 Å². The van der Waals surface area contributed by atoms with Crippen molar-refractivity contribution in [3.05, 3.63) is 69.3 Å². The number of benzene rings is 2. The van der Waals surface area contributed by atoms with Gasteiger partial charge in [0, 0.05) is 30.0 Å². The fourth-order valence-corrected chi connectivity index (χ4v) is 2.11. The molecule has 2 aromatic rings. The van der Waals surface area contributed by atoms with Crippen molar-refractivity contribution in [1.82, 2.24) is 0 Å². The summed E-state index contributed by atoms with van der Waals surface area (Å²) in [7, 11) is 1.60. The fourth-order valence-electron chi connectivity index (χ4n) is 2.11. The molecule has 2 rings (SSSR count). The van der Waals surface area contributed by atoms with Crippen molar-refractivity contribution in [2.75, 3.05) is 12.4 Å². The minimum atomic E-state index is -0.467. The van der Waals surface area contributed by atoms with Gasteiger partial charge in [0.2, 0.25) is 0 Å². The van der Waals surface area contributed by atoms with Gasteiger partial charge in [-0.25, -0.2) is 0 Å². The Balaban J connectivity index is 2.17. The van der Waals surface area contributed by atoms with Gasteiger partial charge in [0.05, 0.1) is 11.5 Å². The molecule has 0 fully saturated rings. The van der Waals surface area contributed by atoms with Gasteiger partial charge in [0.25, 0.3) is 11.6 Å². The van der Waals surface area contributed by atoms with Crippen LogP contribution in [0.4, 0.5) is 11.4 Å². The molecule has 6 nitrogen and oxygen atoms in total. The summed E-state index contributed by atoms with van der Waals surface area (Å²) in [6.07, 6.45) is 0. The van der Waals surface area contributed by atoms with Gasteiger partial charge in [0.15, 0.2) is 0 Å². The van der Waals surface area contributed by atoms with E-state index >= 15 is 0 Å². The molecule has 0 aliphatic rings. The predicted molar refractivity (Wildman–Crippen MR) is 82.9 cm³/mol. The van der Waals surface area contributed by atoms with E-state index in [0.29, 0.717) is 23.4 Å². The average molecular weight is 300 g/mol. The van der Waals surface area contributed by atoms with E-state index in [1.807, 2.05) is 18.2 Å². The van der Waals surface area contributed by atoms with Crippen molar-refractivity contribution in [1.29, 1.82) is 0 Å². The third-order valence-electron chi connectivity index (χ3n) is 3.15. The van der Waals surface area contributed by atoms with E-state index in [1.165, 1.54) is 18.2 Å². The van der Waals surface area contributed by atoms with E-state index in [4.69, 9.17) is 4.74 Å². The Bertz CT molecular complexity index is 713. The van der Waals surface area contributed by atoms with Crippen LogP contribution in [0, 0.1) is 17.0 Å². The Morgan fingerprint density at radius 2 is 2.05 bits per heavy atom. The van der Waals surface area contributed by atoms with Gasteiger partial charge in [-0.1, -0.05) is 12.1 Å². The predicted octanol–water partition coefficient (Wildman–Crippen LogP) is 3.30. The minimum Gasteiger partial charge on any atom is -0.380 e. The van der Waals surface area contributed by atoms with Crippen molar-refractivity contribution in [2.24, 2.45) is 0 Å². The maximum Gasteiger partial charge on any atom is 0.272 e. The Labute approximate surface area is 127 Å². The molecule has 2 aromatic carbocycles. The van der Waals surface area contributed by atoms with E-state index in [-0.39, 0.29) is 11.6 Å². The fraction of sp³-hybridized carbons (Fsp3) is 0.188. The lowest BCUT2D eigenvalue weighted by molar-refractivity contribution is -0.385. The van der Waals surface area contributed by atoms with E-state index < -0.39 is 4.92 Å². The lowest BCUT2D eigenvalue weighted by Gasteiger charge is -2.08. The quantitative estimate of drug-likeness (QED) is 0.678. The minimum absolute atomic E-state index is 0.00126. The molecule has 0 spiro atoms. The van der Waals surface area contributed by atoms with Gasteiger partial charge in [-0.3, -0.25) is 14.9 Å². The van der Waals surface area contributed by atoms with Crippen molar-refractivity contribution in [3.8, 4) is 0 Å². The number of rotatable bonds is 5. The zero-order valence-electron chi connectivity index (χ0n) is 12.3. The first kappa shape index (κ1) is 15.7. The van der Waals surface area contributed by atoms with Crippen LogP contribution >= 0.6 is 0 Å². The molecular weight excluding hydrogens is 284 g/mol. The Hall–Kier alpha value is -2.73. The molecular formula is C16H16N2O4. The standard InChI is InChI=1S/C16H16N2O4/c1-11-8-13(6-7-15(11)18(20)21)16(19)17-14-5-3-4-12(9-14)10-22-2/h3-9H,10H2,1-2H3,(H,17,19). The highest BCUT2D eigenvalue weighted by molar-refractivity contribution is 6.04. The summed E-state index contributed by atoms with van der Waals surface area (Å²) in [4.78, 5) is 22.5. The highest BCUT2D eigenvalue weighted by Gasteiger charge is 2.14. The average Bonchev–Trinajstić information content (AvgIpc) is 2.47. The number of methoxy groups -OCH3 is 1. The number of ether oxygens (including phenoxy) is 1. The van der Waals surface area contributed by atoms with Gasteiger partial charge in [0.1, 0.15) is 0 Å². The number of nitro benzene ring substituents is 1. The Morgan fingerprint density at radius 3 is 2.68 bits per heavy atom. The van der Waals surface area contributed by atoms with Crippen LogP contribution in [0.15, 0.2) is 42.5 Å². The number of hydrogen-bond acceptors (Lipinski definition) is 4. The number of carbonyl (C=O) groups is 1. The molecule has 0 aliphatic heterocycles. The molecule has 22 heavy (non-hydrogen) atoms. The molecule has 0 radical (unpaired) electrons. The molecule has 0 saturated carbocycles. The zero-order valence-corrected chi connectivity index (χ0v) is 12.3. The van der Waals surface area contributed by atoms with Crippen molar-refractivity contribution in [2.45, 2.75) is 13.5 Å². The first-order valence-corrected chi connectivity index (χ1v) is 6.65. The maximum atomic E-state index is 12.2. The van der Waals surface area contributed by atoms with Crippen LogP contribution in [-0.4, -0.2) is 17.9 Å². The summed E-state index contributed by atoms with van der Waals surface area (Å²) in [5.74, 6) is -0.312. The van der Waals surface area contributed by atoms with Gasteiger partial charge >= 0.3 is 0 Å². The molecule has 0 bridgehead atoms. The molecule has 0 atom stereocenters. The van der Waals surface area contributed by atoms with Crippen LogP contribution in [0.25, 0.3) is 0 Å². The molecule has 0 aliphatic carbocycles. The summed E-state index contributed by atoms with van der Waals surface area (Å²) in [5.41, 5.74) is 2.42. The summed E-state index contributed by atoms with van der Waals surface area (Å²) in [6, 6.07) is 11.6. The van der Waals surface area contributed by atoms with Crippen LogP contribution < -0.4 is 5.32 Å². The van der Waals surface area contributed by atoms with Crippen molar-refractivity contribution < 1.29 is 14.5 Å². The number of amides is 1. The van der Waals surface area contributed by atoms with Crippen LogP contribution in [0.3, 0.4) is 0 Å². The largest absolute Gasteiger partial charge is 0.380 e. The molecule has 1 amide bonds. The summed E-state index contributed by atoms with van der Waals surface area (Å²) in [5, 5.41) is 13.6. The first-order valence-electron chi connectivity index (χ1n) is 6.65. The second-order valence-electron chi connectivity index (χ2n) is 4.85. The van der Waals surface area contributed by atoms with E-state index in [0.717, 1.165) is 5.56 Å². The van der Waals surface area contributed by atoms with Gasteiger partial charge in [-0.05, 0) is 36.8 Å². The molecule has 6 heteroatoms. The van der Waals surface area contributed by atoms with Crippen LogP contribution in [0.1, 0.15) is 21.5 Å². The molecule has 0 heterocycles. The lowest BCUT2D eigenvalue weighted by atomic mass is 10.1. The highest BCUT2D eigenvalue weighted by Crippen LogP contribution is 2.20. The Kier molecular flexibility index (Phi) is 4.85. The third kappa shape index (κ3) is 3.67. The summed E-state index contributed by atoms with van der Waals surface area (Å²) < 4.78 is 5.05. The summed E-state index contributed by atoms with van der Waals surface area (Å²) in [6.45, 7) is 2.06. The third-order valence-corrected chi connectivity index (χ3v) is 3.15. The molecule has 0 aromatic heterocycles. The second-order valence-corrected chi connectivity index (χ2v) is 4.85. The molecule has 0 saturated heterocycles. The second kappa shape index (κ2) is 6.82. The number of nitrogens with zero attached hydrogens (tertiary/aromatic N) is 1. The normalized spacial score (nSPS) is 10.3. The smallest absolute Gasteiger partial charge is 0.272 e. The number of anilines is 1. The first-order chi connectivity index (χ1) is 10.5. The summed E-state index contributed by atoms with van der Waals surface area (Å²) >= 11 is 0. The highest BCUT2D eigenvalue weighted by atomic mass is 16.6. The number of hydrogen-bond donors (Lipinski definition) is 1. The van der Waals surface area contributed by atoms with Gasteiger partial charge < -0.3 is 10.1 Å². The van der Waals surface area contributed by atoms with Crippen molar-refractivity contribution in [3.63, 3.8) is 0 Å². The van der Waals surface area contributed by atoms with E-state index in [2.05, 4.69) is 5.32 Å². The van der Waals surface area contributed by atoms with Gasteiger partial charge in [-0.15, -0.1) is 0 Å². The van der Waals surface area contributed by atoms with Gasteiger partial charge in [-0.2, -0.15) is 0 Å². The number of nitrogens with one attached hydrogen (secondary N) is 1. The van der Waals surface area contributed by atoms with Crippen LogP contribution in [-0.2, 0) is 11.3 Å². The van der Waals surface area contributed by atoms with Crippen molar-refractivity contribution >= 4 is 17.3 Å². The van der Waals surface area contributed by atoms with Crippen LogP contribution in [0.2, 0.25) is 0 Å². The topological polar surface area (TPSA) is 81.5 Å². The zero-order chi connectivity index (χ0) is 16.1. The van der Waals surface area contributed by atoms with E-state index in [1.54, 1.807) is 20.1 Å². The maximum absolute atomic E-state index is 12.2. The molecule has 114 valence electrons. The SMILES string of the molecule is COCc1cccc(NC(=O)c2ccc([N+](=O)[O-])c(C)c2)c1. The Morgan fingerprint density at radius 1 is 1.27 bits per heavy atom. The number of nitro groups is 1. The molecule has 1 N–H and O–H groups in total. The number of carbonyl (C=O) groups excluding carboxylic acids is 1.